The summed E-state index contributed by atoms with van der Waals surface area (Å²) in [6, 6.07) is 12.0. The van der Waals surface area contributed by atoms with E-state index < -0.39 is 0 Å². The second kappa shape index (κ2) is 8.54. The third kappa shape index (κ3) is 3.95. The molecule has 0 saturated carbocycles. The molecule has 8 heteroatoms. The lowest BCUT2D eigenvalue weighted by Gasteiger charge is -2.10. The number of thiophene rings is 1. The molecule has 0 radical (unpaired) electrons. The summed E-state index contributed by atoms with van der Waals surface area (Å²) in [5.74, 6) is 1.53. The zero-order chi connectivity index (χ0) is 21.0. The fraction of sp³-hybridized carbons (Fsp3) is 0.143. The van der Waals surface area contributed by atoms with Crippen molar-refractivity contribution in [1.82, 2.24) is 0 Å². The van der Waals surface area contributed by atoms with Gasteiger partial charge in [-0.25, -0.2) is 4.85 Å². The Labute approximate surface area is 172 Å². The van der Waals surface area contributed by atoms with Crippen molar-refractivity contribution >= 4 is 39.2 Å². The van der Waals surface area contributed by atoms with E-state index in [1.807, 2.05) is 0 Å². The van der Waals surface area contributed by atoms with Crippen LogP contribution in [0, 0.1) is 6.57 Å². The summed E-state index contributed by atoms with van der Waals surface area (Å²) >= 11 is 1.14. The number of nitrogens with one attached hydrogen (secondary N) is 1. The topological polar surface area (TPSA) is 87.2 Å². The number of anilines is 3. The Kier molecular flexibility index (Phi) is 5.90. The van der Waals surface area contributed by atoms with E-state index in [0.29, 0.717) is 38.4 Å². The van der Waals surface area contributed by atoms with Gasteiger partial charge in [0.05, 0.1) is 38.5 Å². The van der Waals surface area contributed by atoms with E-state index in [4.69, 9.17) is 26.5 Å². The summed E-state index contributed by atoms with van der Waals surface area (Å²) in [5, 5.41) is 3.64. The van der Waals surface area contributed by atoms with Gasteiger partial charge in [0, 0.05) is 17.3 Å². The Morgan fingerprint density at radius 2 is 1.72 bits per heavy atom. The number of ketones is 1. The van der Waals surface area contributed by atoms with E-state index >= 15 is 0 Å². The lowest BCUT2D eigenvalue weighted by molar-refractivity contribution is 0.104. The van der Waals surface area contributed by atoms with Crippen LogP contribution in [-0.2, 0) is 0 Å². The molecule has 1 aromatic heterocycles. The van der Waals surface area contributed by atoms with Crippen molar-refractivity contribution in [3.8, 4) is 17.2 Å². The van der Waals surface area contributed by atoms with Crippen LogP contribution in [0.15, 0.2) is 42.5 Å². The first kappa shape index (κ1) is 20.0. The molecule has 0 aliphatic carbocycles. The number of ether oxygens (including phenoxy) is 3. The molecule has 7 nitrogen and oxygen atoms in total. The molecule has 3 aromatic rings. The molecule has 0 saturated heterocycles. The van der Waals surface area contributed by atoms with Crippen molar-refractivity contribution < 1.29 is 19.0 Å². The van der Waals surface area contributed by atoms with Gasteiger partial charge in [-0.3, -0.25) is 4.79 Å². The van der Waals surface area contributed by atoms with Crippen LogP contribution in [0.2, 0.25) is 0 Å². The van der Waals surface area contributed by atoms with Gasteiger partial charge in [0.1, 0.15) is 10.8 Å². The fourth-order valence-corrected chi connectivity index (χ4v) is 3.76. The average molecular weight is 409 g/mol. The van der Waals surface area contributed by atoms with Gasteiger partial charge >= 0.3 is 0 Å². The zero-order valence-electron chi connectivity index (χ0n) is 16.1. The standard InChI is InChI=1S/C21H19N3O4S/c1-23-18-17(22)20(19(25)12-5-8-14(26-2)9-6-12)29-21(18)24-13-7-10-15(27-3)16(11-13)28-4/h5-11,24H,22H2,2-4H3. The first-order valence-corrected chi connectivity index (χ1v) is 9.31. The largest absolute Gasteiger partial charge is 0.497 e. The number of nitrogens with zero attached hydrogens (tertiary/aromatic N) is 1. The van der Waals surface area contributed by atoms with E-state index in [1.54, 1.807) is 63.8 Å². The van der Waals surface area contributed by atoms with Crippen molar-refractivity contribution in [2.75, 3.05) is 32.4 Å². The van der Waals surface area contributed by atoms with Crippen LogP contribution in [0.5, 0.6) is 17.2 Å². The van der Waals surface area contributed by atoms with E-state index in [0.717, 1.165) is 11.3 Å². The van der Waals surface area contributed by atoms with Gasteiger partial charge in [0.2, 0.25) is 11.5 Å². The minimum atomic E-state index is -0.250. The maximum absolute atomic E-state index is 12.9. The summed E-state index contributed by atoms with van der Waals surface area (Å²) in [5.41, 5.74) is 7.65. The summed E-state index contributed by atoms with van der Waals surface area (Å²) in [6.07, 6.45) is 0. The molecule has 3 N–H and O–H groups in total. The first-order chi connectivity index (χ1) is 14.0. The molecule has 3 rings (SSSR count). The fourth-order valence-electron chi connectivity index (χ4n) is 2.72. The molecule has 0 fully saturated rings. The molecular formula is C21H19N3O4S. The number of carbonyl (C=O) groups is 1. The van der Waals surface area contributed by atoms with Gasteiger partial charge in [-0.2, -0.15) is 0 Å². The van der Waals surface area contributed by atoms with Crippen molar-refractivity contribution in [3.63, 3.8) is 0 Å². The van der Waals surface area contributed by atoms with Gasteiger partial charge in [0.15, 0.2) is 11.5 Å². The zero-order valence-corrected chi connectivity index (χ0v) is 16.9. The number of hydrogen-bond donors (Lipinski definition) is 2. The smallest absolute Gasteiger partial charge is 0.243 e. The highest BCUT2D eigenvalue weighted by molar-refractivity contribution is 7.19. The van der Waals surface area contributed by atoms with Crippen molar-refractivity contribution in [2.24, 2.45) is 0 Å². The number of rotatable bonds is 7. The summed E-state index contributed by atoms with van der Waals surface area (Å²) in [7, 11) is 4.65. The van der Waals surface area contributed by atoms with Gasteiger partial charge in [-0.1, -0.05) is 0 Å². The average Bonchev–Trinajstić information content (AvgIpc) is 3.07. The molecule has 0 bridgehead atoms. The summed E-state index contributed by atoms with van der Waals surface area (Å²) in [4.78, 5) is 16.7. The summed E-state index contributed by atoms with van der Waals surface area (Å²) in [6.45, 7) is 7.48. The monoisotopic (exact) mass is 409 g/mol. The third-order valence-electron chi connectivity index (χ3n) is 4.23. The minimum Gasteiger partial charge on any atom is -0.497 e. The van der Waals surface area contributed by atoms with Gasteiger partial charge in [-0.05, 0) is 36.4 Å². The number of hydrogen-bond acceptors (Lipinski definition) is 7. The maximum Gasteiger partial charge on any atom is 0.243 e. The van der Waals surface area contributed by atoms with Gasteiger partial charge < -0.3 is 25.3 Å². The normalized spacial score (nSPS) is 10.1. The van der Waals surface area contributed by atoms with Crippen LogP contribution >= 0.6 is 11.3 Å². The van der Waals surface area contributed by atoms with Crippen LogP contribution in [0.1, 0.15) is 15.2 Å². The van der Waals surface area contributed by atoms with Crippen LogP contribution in [0.25, 0.3) is 4.85 Å². The molecule has 0 spiro atoms. The predicted molar refractivity (Wildman–Crippen MR) is 114 cm³/mol. The minimum absolute atomic E-state index is 0.161. The van der Waals surface area contributed by atoms with Crippen LogP contribution in [-0.4, -0.2) is 27.1 Å². The number of methoxy groups -OCH3 is 3. The lowest BCUT2D eigenvalue weighted by Crippen LogP contribution is -2.01. The van der Waals surface area contributed by atoms with Crippen LogP contribution < -0.4 is 25.3 Å². The molecule has 0 atom stereocenters. The molecule has 0 amide bonds. The molecule has 2 aromatic carbocycles. The number of nitrogen functional groups attached to an aromatic ring is 1. The number of carbonyl (C=O) groups excluding carboxylic acids is 1. The predicted octanol–water partition coefficient (Wildman–Crippen LogP) is 4.88. The third-order valence-corrected chi connectivity index (χ3v) is 5.34. The number of nitrogens with two attached hydrogens (primary N) is 1. The Balaban J connectivity index is 1.95. The lowest BCUT2D eigenvalue weighted by atomic mass is 10.1. The molecule has 29 heavy (non-hydrogen) atoms. The van der Waals surface area contributed by atoms with Crippen molar-refractivity contribution in [3.05, 3.63) is 64.3 Å². The van der Waals surface area contributed by atoms with Crippen molar-refractivity contribution in [2.45, 2.75) is 0 Å². The Morgan fingerprint density at radius 3 is 2.31 bits per heavy atom. The van der Waals surface area contributed by atoms with E-state index in [2.05, 4.69) is 10.2 Å². The molecule has 0 aliphatic rings. The highest BCUT2D eigenvalue weighted by Crippen LogP contribution is 2.45. The quantitative estimate of drug-likeness (QED) is 0.427. The Bertz CT molecular complexity index is 1080. The molecular weight excluding hydrogens is 390 g/mol. The number of benzene rings is 2. The molecule has 0 aliphatic heterocycles. The highest BCUT2D eigenvalue weighted by Gasteiger charge is 2.22. The SMILES string of the molecule is [C-]#[N+]c1c(Nc2ccc(OC)c(OC)c2)sc(C(=O)c2ccc(OC)cc2)c1N. The summed E-state index contributed by atoms with van der Waals surface area (Å²) < 4.78 is 15.7. The van der Waals surface area contributed by atoms with Gasteiger partial charge in [0.25, 0.3) is 0 Å². The van der Waals surface area contributed by atoms with Crippen LogP contribution in [0.4, 0.5) is 22.1 Å². The van der Waals surface area contributed by atoms with E-state index in [-0.39, 0.29) is 17.2 Å². The second-order valence-corrected chi connectivity index (χ2v) is 6.91. The Hall–Kier alpha value is -3.70. The highest BCUT2D eigenvalue weighted by atomic mass is 32.1. The Morgan fingerprint density at radius 1 is 1.03 bits per heavy atom. The molecule has 148 valence electrons. The van der Waals surface area contributed by atoms with E-state index in [1.165, 1.54) is 0 Å². The first-order valence-electron chi connectivity index (χ1n) is 8.49. The van der Waals surface area contributed by atoms with Gasteiger partial charge in [-0.15, -0.1) is 11.3 Å². The molecule has 0 unspecified atom stereocenters. The van der Waals surface area contributed by atoms with Crippen LogP contribution in [0.3, 0.4) is 0 Å². The van der Waals surface area contributed by atoms with E-state index in [9.17, 15) is 4.79 Å². The maximum atomic E-state index is 12.9. The van der Waals surface area contributed by atoms with Crippen molar-refractivity contribution in [1.29, 1.82) is 0 Å². The molecule has 1 heterocycles. The second-order valence-electron chi connectivity index (χ2n) is 5.89.